The Morgan fingerprint density at radius 1 is 1.14 bits per heavy atom. The van der Waals surface area contributed by atoms with Crippen LogP contribution in [-0.4, -0.2) is 40.4 Å². The van der Waals surface area contributed by atoms with Crippen molar-refractivity contribution < 1.29 is 9.59 Å². The predicted molar refractivity (Wildman–Crippen MR) is 76.6 cm³/mol. The Hall–Kier alpha value is -2.11. The van der Waals surface area contributed by atoms with E-state index in [1.165, 1.54) is 6.07 Å². The largest absolute Gasteiger partial charge is 0.344 e. The monoisotopic (exact) mass is 289 g/mol. The van der Waals surface area contributed by atoms with Crippen LogP contribution in [0.2, 0.25) is 0 Å². The van der Waals surface area contributed by atoms with Crippen molar-refractivity contribution in [2.24, 2.45) is 5.92 Å². The highest BCUT2D eigenvalue weighted by molar-refractivity contribution is 5.90. The molecule has 1 aromatic rings. The van der Waals surface area contributed by atoms with Gasteiger partial charge in [0.25, 0.3) is 5.56 Å². The first kappa shape index (κ1) is 13.9. The van der Waals surface area contributed by atoms with Gasteiger partial charge in [-0.3, -0.25) is 14.4 Å². The molecule has 1 aliphatic carbocycles. The lowest BCUT2D eigenvalue weighted by molar-refractivity contribution is -0.134. The van der Waals surface area contributed by atoms with Gasteiger partial charge >= 0.3 is 0 Å². The lowest BCUT2D eigenvalue weighted by Crippen LogP contribution is -2.47. The fourth-order valence-corrected chi connectivity index (χ4v) is 2.70. The average Bonchev–Trinajstić information content (AvgIpc) is 3.30. The highest BCUT2D eigenvalue weighted by atomic mass is 16.2. The van der Waals surface area contributed by atoms with E-state index in [2.05, 4.69) is 5.32 Å². The van der Waals surface area contributed by atoms with Gasteiger partial charge in [0, 0.05) is 38.3 Å². The summed E-state index contributed by atoms with van der Waals surface area (Å²) in [5, 5.41) is 2.83. The third kappa shape index (κ3) is 3.15. The van der Waals surface area contributed by atoms with Crippen molar-refractivity contribution in [3.05, 3.63) is 34.7 Å². The van der Waals surface area contributed by atoms with Gasteiger partial charge in [0.1, 0.15) is 6.04 Å². The van der Waals surface area contributed by atoms with Crippen LogP contribution in [0.4, 0.5) is 0 Å². The number of pyridine rings is 1. The summed E-state index contributed by atoms with van der Waals surface area (Å²) in [5.74, 6) is 0.230. The zero-order valence-electron chi connectivity index (χ0n) is 11.8. The second-order valence-electron chi connectivity index (χ2n) is 5.69. The van der Waals surface area contributed by atoms with E-state index in [9.17, 15) is 14.4 Å². The van der Waals surface area contributed by atoms with Crippen molar-refractivity contribution >= 4 is 11.8 Å². The zero-order valence-corrected chi connectivity index (χ0v) is 11.8. The molecule has 2 amide bonds. The van der Waals surface area contributed by atoms with E-state index >= 15 is 0 Å². The molecule has 1 atom stereocenters. The smallest absolute Gasteiger partial charge is 0.250 e. The van der Waals surface area contributed by atoms with Crippen LogP contribution in [-0.2, 0) is 16.1 Å². The molecule has 0 bridgehead atoms. The first-order valence-electron chi connectivity index (χ1n) is 7.39. The van der Waals surface area contributed by atoms with Crippen LogP contribution in [0.1, 0.15) is 19.3 Å². The van der Waals surface area contributed by atoms with Crippen molar-refractivity contribution in [3.8, 4) is 0 Å². The molecular formula is C15H19N3O3. The third-order valence-corrected chi connectivity index (χ3v) is 4.11. The quantitative estimate of drug-likeness (QED) is 0.846. The molecule has 0 radical (unpaired) electrons. The van der Waals surface area contributed by atoms with E-state index in [1.54, 1.807) is 27.8 Å². The number of hydrogen-bond donors (Lipinski definition) is 1. The van der Waals surface area contributed by atoms with Gasteiger partial charge in [-0.2, -0.15) is 0 Å². The molecule has 3 rings (SSSR count). The molecule has 2 aliphatic rings. The van der Waals surface area contributed by atoms with E-state index in [1.807, 2.05) is 0 Å². The van der Waals surface area contributed by atoms with Crippen LogP contribution in [0.25, 0.3) is 0 Å². The molecule has 6 nitrogen and oxygen atoms in total. The Kier molecular flexibility index (Phi) is 3.77. The molecule has 1 N–H and O–H groups in total. The number of aromatic nitrogens is 1. The highest BCUT2D eigenvalue weighted by Crippen LogP contribution is 2.34. The van der Waals surface area contributed by atoms with Crippen LogP contribution in [0.3, 0.4) is 0 Å². The van der Waals surface area contributed by atoms with Gasteiger partial charge in [-0.1, -0.05) is 6.07 Å². The minimum absolute atomic E-state index is 0.00710. The van der Waals surface area contributed by atoms with Crippen molar-refractivity contribution in [2.75, 3.05) is 13.1 Å². The minimum atomic E-state index is -0.368. The van der Waals surface area contributed by atoms with Gasteiger partial charge in [-0.25, -0.2) is 0 Å². The normalized spacial score (nSPS) is 22.9. The molecule has 112 valence electrons. The van der Waals surface area contributed by atoms with Gasteiger partial charge in [-0.15, -0.1) is 0 Å². The van der Waals surface area contributed by atoms with Gasteiger partial charge in [0.2, 0.25) is 11.8 Å². The molecular weight excluding hydrogens is 270 g/mol. The molecule has 6 heteroatoms. The summed E-state index contributed by atoms with van der Waals surface area (Å²) in [6.45, 7) is 1.34. The number of carbonyl (C=O) groups excluding carboxylic acids is 2. The first-order chi connectivity index (χ1) is 10.1. The molecule has 1 aromatic heterocycles. The fourth-order valence-electron chi connectivity index (χ4n) is 2.70. The number of rotatable bonds is 4. The fraction of sp³-hybridized carbons (Fsp3) is 0.533. The summed E-state index contributed by atoms with van der Waals surface area (Å²) < 4.78 is 1.58. The maximum absolute atomic E-state index is 12.5. The molecule has 0 spiro atoms. The van der Waals surface area contributed by atoms with Gasteiger partial charge in [0.05, 0.1) is 0 Å². The summed E-state index contributed by atoms with van der Waals surface area (Å²) in [7, 11) is 0. The SMILES string of the molecule is O=C1CCN(CCn2ccccc2=O)C(=O)C(C2CC2)N1. The lowest BCUT2D eigenvalue weighted by Gasteiger charge is -2.24. The first-order valence-corrected chi connectivity index (χ1v) is 7.39. The van der Waals surface area contributed by atoms with Crippen LogP contribution < -0.4 is 10.9 Å². The molecule has 1 unspecified atom stereocenters. The predicted octanol–water partition coefficient (Wildman–Crippen LogP) is -0.0246. The Labute approximate surface area is 122 Å². The van der Waals surface area contributed by atoms with Crippen LogP contribution in [0.5, 0.6) is 0 Å². The molecule has 1 saturated heterocycles. The van der Waals surface area contributed by atoms with E-state index in [0.717, 1.165) is 12.8 Å². The van der Waals surface area contributed by atoms with Crippen LogP contribution >= 0.6 is 0 Å². The standard InChI is InChI=1S/C15H19N3O3/c19-12-6-8-18(15(21)14(16-12)11-4-5-11)10-9-17-7-2-1-3-13(17)20/h1-3,7,11,14H,4-6,8-10H2,(H,16,19). The van der Waals surface area contributed by atoms with E-state index in [0.29, 0.717) is 32.0 Å². The maximum Gasteiger partial charge on any atom is 0.250 e. The van der Waals surface area contributed by atoms with Gasteiger partial charge < -0.3 is 14.8 Å². The second-order valence-corrected chi connectivity index (χ2v) is 5.69. The van der Waals surface area contributed by atoms with Gasteiger partial charge in [-0.05, 0) is 24.8 Å². The highest BCUT2D eigenvalue weighted by Gasteiger charge is 2.40. The molecule has 2 heterocycles. The zero-order chi connectivity index (χ0) is 14.8. The Bertz CT molecular complexity index is 606. The molecule has 1 aliphatic heterocycles. The average molecular weight is 289 g/mol. The molecule has 21 heavy (non-hydrogen) atoms. The Morgan fingerprint density at radius 2 is 1.95 bits per heavy atom. The van der Waals surface area contributed by atoms with E-state index in [-0.39, 0.29) is 23.4 Å². The summed E-state index contributed by atoms with van der Waals surface area (Å²) in [6.07, 6.45) is 4.05. The van der Waals surface area contributed by atoms with Gasteiger partial charge in [0.15, 0.2) is 0 Å². The topological polar surface area (TPSA) is 71.4 Å². The number of nitrogens with zero attached hydrogens (tertiary/aromatic N) is 2. The van der Waals surface area contributed by atoms with Crippen LogP contribution in [0, 0.1) is 5.92 Å². The number of amides is 2. The number of nitrogens with one attached hydrogen (secondary N) is 1. The van der Waals surface area contributed by atoms with E-state index < -0.39 is 0 Å². The minimum Gasteiger partial charge on any atom is -0.344 e. The second kappa shape index (κ2) is 5.71. The summed E-state index contributed by atoms with van der Waals surface area (Å²) in [5.41, 5.74) is -0.0762. The van der Waals surface area contributed by atoms with Crippen molar-refractivity contribution in [1.29, 1.82) is 0 Å². The maximum atomic E-state index is 12.5. The Balaban J connectivity index is 1.68. The van der Waals surface area contributed by atoms with E-state index in [4.69, 9.17) is 0 Å². The molecule has 0 aromatic carbocycles. The Morgan fingerprint density at radius 3 is 2.67 bits per heavy atom. The number of hydrogen-bond acceptors (Lipinski definition) is 3. The summed E-state index contributed by atoms with van der Waals surface area (Å²) in [4.78, 5) is 37.6. The summed E-state index contributed by atoms with van der Waals surface area (Å²) in [6, 6.07) is 4.63. The molecule has 1 saturated carbocycles. The number of carbonyl (C=O) groups is 2. The third-order valence-electron chi connectivity index (χ3n) is 4.11. The molecule has 2 fully saturated rings. The lowest BCUT2D eigenvalue weighted by atomic mass is 10.1. The summed E-state index contributed by atoms with van der Waals surface area (Å²) >= 11 is 0. The van der Waals surface area contributed by atoms with Crippen LogP contribution in [0.15, 0.2) is 29.2 Å². The van der Waals surface area contributed by atoms with Crippen molar-refractivity contribution in [3.63, 3.8) is 0 Å². The van der Waals surface area contributed by atoms with Crippen molar-refractivity contribution in [1.82, 2.24) is 14.8 Å². The van der Waals surface area contributed by atoms with Crippen molar-refractivity contribution in [2.45, 2.75) is 31.8 Å².